The summed E-state index contributed by atoms with van der Waals surface area (Å²) in [6.45, 7) is 3.69. The molecule has 0 bridgehead atoms. The molecule has 1 aliphatic rings. The second-order valence-electron chi connectivity index (χ2n) is 4.37. The van der Waals surface area contributed by atoms with Gasteiger partial charge in [-0.2, -0.15) is 0 Å². The summed E-state index contributed by atoms with van der Waals surface area (Å²) in [4.78, 5) is 22.5. The Bertz CT molecular complexity index is 249. The second-order valence-corrected chi connectivity index (χ2v) is 4.37. The summed E-state index contributed by atoms with van der Waals surface area (Å²) < 4.78 is 0. The minimum absolute atomic E-state index is 0.00893. The topological polar surface area (TPSA) is 84.2 Å². The molecule has 0 aliphatic heterocycles. The van der Waals surface area contributed by atoms with Crippen molar-refractivity contribution in [2.75, 3.05) is 0 Å². The summed E-state index contributed by atoms with van der Waals surface area (Å²) >= 11 is 0. The van der Waals surface area contributed by atoms with Crippen molar-refractivity contribution in [3.05, 3.63) is 0 Å². The Morgan fingerprint density at radius 3 is 2.27 bits per heavy atom. The average Bonchev–Trinajstić information content (AvgIpc) is 2.06. The van der Waals surface area contributed by atoms with Gasteiger partial charge in [0.25, 0.3) is 0 Å². The molecule has 0 aromatic carbocycles. The quantitative estimate of drug-likeness (QED) is 0.629. The summed E-state index contributed by atoms with van der Waals surface area (Å²) in [6.07, 6.45) is 3.21. The third kappa shape index (κ3) is 3.42. The summed E-state index contributed by atoms with van der Waals surface area (Å²) in [6, 6.07) is -0.618. The Balaban J connectivity index is 2.36. The van der Waals surface area contributed by atoms with Crippen LogP contribution in [0.5, 0.6) is 0 Å². The van der Waals surface area contributed by atoms with Gasteiger partial charge in [-0.15, -0.1) is 0 Å². The van der Waals surface area contributed by atoms with Crippen LogP contribution in [0.4, 0.5) is 4.79 Å². The van der Waals surface area contributed by atoms with E-state index in [1.807, 2.05) is 13.8 Å². The van der Waals surface area contributed by atoms with Crippen LogP contribution in [0, 0.1) is 5.92 Å². The number of amides is 3. The highest BCUT2D eigenvalue weighted by Crippen LogP contribution is 2.17. The number of carbonyl (C=O) groups excluding carboxylic acids is 2. The van der Waals surface area contributed by atoms with Crippen LogP contribution in [0.15, 0.2) is 0 Å². The first-order valence-corrected chi connectivity index (χ1v) is 5.37. The normalized spacial score (nSPS) is 18.1. The zero-order valence-electron chi connectivity index (χ0n) is 9.25. The molecule has 5 nitrogen and oxygen atoms in total. The summed E-state index contributed by atoms with van der Waals surface area (Å²) in [5, 5.41) is 5.39. The van der Waals surface area contributed by atoms with Crippen LogP contribution >= 0.6 is 0 Å². The van der Waals surface area contributed by atoms with Crippen LogP contribution in [0.1, 0.15) is 33.1 Å². The van der Waals surface area contributed by atoms with Gasteiger partial charge in [0.2, 0.25) is 5.91 Å². The molecular weight excluding hydrogens is 194 g/mol. The fraction of sp³-hybridized carbons (Fsp3) is 0.800. The van der Waals surface area contributed by atoms with Crippen LogP contribution in [-0.2, 0) is 4.79 Å². The number of hydrogen-bond donors (Lipinski definition) is 3. The number of carbonyl (C=O) groups is 2. The van der Waals surface area contributed by atoms with Crippen LogP contribution in [0.3, 0.4) is 0 Å². The molecule has 5 heteroatoms. The monoisotopic (exact) mass is 213 g/mol. The van der Waals surface area contributed by atoms with E-state index in [0.29, 0.717) is 0 Å². The van der Waals surface area contributed by atoms with E-state index in [2.05, 4.69) is 10.6 Å². The smallest absolute Gasteiger partial charge is 0.315 e. The van der Waals surface area contributed by atoms with Crippen LogP contribution in [0.2, 0.25) is 0 Å². The minimum Gasteiger partial charge on any atom is -0.368 e. The Morgan fingerprint density at radius 1 is 1.33 bits per heavy atom. The SMILES string of the molecule is CC(C)C(NC(=O)NC1CCC1)C(N)=O. The lowest BCUT2D eigenvalue weighted by Crippen LogP contribution is -2.53. The number of primary amides is 1. The maximum absolute atomic E-state index is 11.4. The van der Waals surface area contributed by atoms with Gasteiger partial charge < -0.3 is 16.4 Å². The molecule has 1 aliphatic carbocycles. The van der Waals surface area contributed by atoms with Crippen molar-refractivity contribution in [1.82, 2.24) is 10.6 Å². The van der Waals surface area contributed by atoms with E-state index in [9.17, 15) is 9.59 Å². The van der Waals surface area contributed by atoms with Crippen molar-refractivity contribution in [3.63, 3.8) is 0 Å². The lowest BCUT2D eigenvalue weighted by molar-refractivity contribution is -0.120. The Labute approximate surface area is 89.8 Å². The largest absolute Gasteiger partial charge is 0.368 e. The molecule has 1 atom stereocenters. The number of hydrogen-bond acceptors (Lipinski definition) is 2. The van der Waals surface area contributed by atoms with Gasteiger partial charge in [-0.3, -0.25) is 4.79 Å². The Hall–Kier alpha value is -1.26. The van der Waals surface area contributed by atoms with E-state index in [4.69, 9.17) is 5.73 Å². The van der Waals surface area contributed by atoms with E-state index < -0.39 is 11.9 Å². The maximum atomic E-state index is 11.4. The van der Waals surface area contributed by atoms with Gasteiger partial charge in [-0.05, 0) is 25.2 Å². The molecule has 0 spiro atoms. The van der Waals surface area contributed by atoms with Gasteiger partial charge in [0.1, 0.15) is 6.04 Å². The highest BCUT2D eigenvalue weighted by molar-refractivity contribution is 5.86. The van der Waals surface area contributed by atoms with Crippen molar-refractivity contribution < 1.29 is 9.59 Å². The molecule has 0 radical (unpaired) electrons. The summed E-state index contributed by atoms with van der Waals surface area (Å²) in [7, 11) is 0. The molecule has 1 fully saturated rings. The van der Waals surface area contributed by atoms with Gasteiger partial charge in [-0.1, -0.05) is 13.8 Å². The van der Waals surface area contributed by atoms with E-state index >= 15 is 0 Å². The molecule has 86 valence electrons. The highest BCUT2D eigenvalue weighted by atomic mass is 16.2. The standard InChI is InChI=1S/C10H19N3O2/c1-6(2)8(9(11)14)13-10(15)12-7-4-3-5-7/h6-8H,3-5H2,1-2H3,(H2,11,14)(H2,12,13,15). The van der Waals surface area contributed by atoms with E-state index in [-0.39, 0.29) is 18.0 Å². The van der Waals surface area contributed by atoms with Crippen molar-refractivity contribution in [3.8, 4) is 0 Å². The lowest BCUT2D eigenvalue weighted by Gasteiger charge is -2.28. The molecule has 0 heterocycles. The van der Waals surface area contributed by atoms with Crippen LogP contribution in [-0.4, -0.2) is 24.0 Å². The lowest BCUT2D eigenvalue weighted by atomic mass is 9.93. The molecule has 0 aromatic rings. The predicted octanol–water partition coefficient (Wildman–Crippen LogP) is 0.348. The number of rotatable bonds is 4. The Kier molecular flexibility index (Phi) is 3.94. The van der Waals surface area contributed by atoms with Crippen molar-refractivity contribution in [2.24, 2.45) is 11.7 Å². The van der Waals surface area contributed by atoms with Crippen molar-refractivity contribution >= 4 is 11.9 Å². The number of nitrogens with one attached hydrogen (secondary N) is 2. The van der Waals surface area contributed by atoms with E-state index in [1.165, 1.54) is 0 Å². The summed E-state index contributed by atoms with van der Waals surface area (Å²) in [5.74, 6) is -0.483. The Morgan fingerprint density at radius 2 is 1.93 bits per heavy atom. The first-order valence-electron chi connectivity index (χ1n) is 5.37. The average molecular weight is 213 g/mol. The fourth-order valence-corrected chi connectivity index (χ4v) is 1.49. The first kappa shape index (κ1) is 11.8. The molecule has 0 saturated heterocycles. The van der Waals surface area contributed by atoms with Crippen LogP contribution in [0.25, 0.3) is 0 Å². The minimum atomic E-state index is -0.593. The van der Waals surface area contributed by atoms with Gasteiger partial charge in [0, 0.05) is 6.04 Å². The zero-order chi connectivity index (χ0) is 11.4. The zero-order valence-corrected chi connectivity index (χ0v) is 9.25. The van der Waals surface area contributed by atoms with Crippen molar-refractivity contribution in [2.45, 2.75) is 45.2 Å². The second kappa shape index (κ2) is 5.00. The van der Waals surface area contributed by atoms with E-state index in [0.717, 1.165) is 19.3 Å². The van der Waals surface area contributed by atoms with Gasteiger partial charge >= 0.3 is 6.03 Å². The molecular formula is C10H19N3O2. The molecule has 15 heavy (non-hydrogen) atoms. The molecule has 1 rings (SSSR count). The number of nitrogens with two attached hydrogens (primary N) is 1. The van der Waals surface area contributed by atoms with Crippen molar-refractivity contribution in [1.29, 1.82) is 0 Å². The predicted molar refractivity (Wildman–Crippen MR) is 57.1 cm³/mol. The fourth-order valence-electron chi connectivity index (χ4n) is 1.49. The molecule has 4 N–H and O–H groups in total. The number of urea groups is 1. The van der Waals surface area contributed by atoms with Gasteiger partial charge in [0.15, 0.2) is 0 Å². The van der Waals surface area contributed by atoms with E-state index in [1.54, 1.807) is 0 Å². The summed E-state index contributed by atoms with van der Waals surface area (Å²) in [5.41, 5.74) is 5.18. The molecule has 3 amide bonds. The first-order chi connectivity index (χ1) is 7.00. The van der Waals surface area contributed by atoms with Crippen LogP contribution < -0.4 is 16.4 Å². The molecule has 1 unspecified atom stereocenters. The molecule has 1 saturated carbocycles. The van der Waals surface area contributed by atoms with Gasteiger partial charge in [0.05, 0.1) is 0 Å². The third-order valence-corrected chi connectivity index (χ3v) is 2.70. The molecule has 0 aromatic heterocycles. The third-order valence-electron chi connectivity index (χ3n) is 2.70. The maximum Gasteiger partial charge on any atom is 0.315 e. The highest BCUT2D eigenvalue weighted by Gasteiger charge is 2.24. The van der Waals surface area contributed by atoms with Gasteiger partial charge in [-0.25, -0.2) is 4.79 Å².